The Morgan fingerprint density at radius 3 is 1.38 bits per heavy atom. The minimum atomic E-state index is -1.12. The van der Waals surface area contributed by atoms with E-state index in [1.165, 1.54) is 81.5 Å². The lowest BCUT2D eigenvalue weighted by atomic mass is 10.0. The van der Waals surface area contributed by atoms with Crippen molar-refractivity contribution >= 4 is 30.7 Å². The first-order valence-corrected chi connectivity index (χ1v) is 14.1. The van der Waals surface area contributed by atoms with Gasteiger partial charge in [0.1, 0.15) is 8.07 Å². The second-order valence-electron chi connectivity index (χ2n) is 7.23. The van der Waals surface area contributed by atoms with E-state index in [9.17, 15) is 0 Å². The van der Waals surface area contributed by atoms with Gasteiger partial charge in [-0.15, -0.1) is 11.5 Å². The Labute approximate surface area is 149 Å². The van der Waals surface area contributed by atoms with E-state index in [1.54, 1.807) is 0 Å². The monoisotopic (exact) mass is 420 g/mol. The second kappa shape index (κ2) is 15.4. The number of alkyl halides is 1. The zero-order valence-corrected chi connectivity index (χ0v) is 17.9. The van der Waals surface area contributed by atoms with Crippen molar-refractivity contribution in [1.29, 1.82) is 0 Å². The van der Waals surface area contributed by atoms with Crippen molar-refractivity contribution < 1.29 is 0 Å². The summed E-state index contributed by atoms with van der Waals surface area (Å²) >= 11 is 2.48. The molecule has 0 aromatic heterocycles. The lowest BCUT2D eigenvalue weighted by Crippen LogP contribution is -2.16. The van der Waals surface area contributed by atoms with Crippen LogP contribution in [0.25, 0.3) is 0 Å². The van der Waals surface area contributed by atoms with Gasteiger partial charge in [-0.3, -0.25) is 0 Å². The highest BCUT2D eigenvalue weighted by atomic mass is 127. The van der Waals surface area contributed by atoms with E-state index in [2.05, 4.69) is 53.7 Å². The smallest absolute Gasteiger partial charge is 0.129 e. The molecule has 0 aliphatic rings. The summed E-state index contributed by atoms with van der Waals surface area (Å²) in [5.74, 6) is 3.38. The van der Waals surface area contributed by atoms with Crippen LogP contribution in [0.1, 0.15) is 83.5 Å². The van der Waals surface area contributed by atoms with Gasteiger partial charge in [0.15, 0.2) is 0 Å². The molecule has 0 radical (unpaired) electrons. The molecule has 0 N–H and O–H groups in total. The first-order valence-electron chi connectivity index (χ1n) is 9.12. The molecular formula is C19H37ISi. The standard InChI is InChI=1S/C19H37ISi/c1-21(2,3)19-17-15-13-11-9-7-5-4-6-8-10-12-14-16-18-20/h4-16,18H2,1-3H3. The van der Waals surface area contributed by atoms with Gasteiger partial charge in [-0.25, -0.2) is 0 Å². The normalized spacial score (nSPS) is 11.2. The predicted molar refractivity (Wildman–Crippen MR) is 110 cm³/mol. The van der Waals surface area contributed by atoms with Gasteiger partial charge in [-0.1, -0.05) is 106 Å². The highest BCUT2D eigenvalue weighted by molar-refractivity contribution is 14.1. The first-order chi connectivity index (χ1) is 10.1. The molecule has 0 spiro atoms. The van der Waals surface area contributed by atoms with E-state index in [1.807, 2.05) is 0 Å². The lowest BCUT2D eigenvalue weighted by molar-refractivity contribution is 0.546. The summed E-state index contributed by atoms with van der Waals surface area (Å²) in [4.78, 5) is 0. The third kappa shape index (κ3) is 20.5. The summed E-state index contributed by atoms with van der Waals surface area (Å²) < 4.78 is 1.33. The lowest BCUT2D eigenvalue weighted by Gasteiger charge is -2.03. The van der Waals surface area contributed by atoms with Crippen LogP contribution in [0.15, 0.2) is 0 Å². The van der Waals surface area contributed by atoms with Crippen LogP contribution in [-0.2, 0) is 0 Å². The molecule has 0 heterocycles. The molecule has 0 aliphatic carbocycles. The third-order valence-electron chi connectivity index (χ3n) is 3.65. The fourth-order valence-electron chi connectivity index (χ4n) is 2.40. The van der Waals surface area contributed by atoms with Crippen molar-refractivity contribution in [3.8, 4) is 11.5 Å². The molecule has 0 atom stereocenters. The van der Waals surface area contributed by atoms with E-state index >= 15 is 0 Å². The Balaban J connectivity index is 3.10. The van der Waals surface area contributed by atoms with Crippen LogP contribution in [0.2, 0.25) is 19.6 Å². The summed E-state index contributed by atoms with van der Waals surface area (Å²) in [5, 5.41) is 0. The van der Waals surface area contributed by atoms with Crippen molar-refractivity contribution in [2.24, 2.45) is 0 Å². The average Bonchev–Trinajstić information content (AvgIpc) is 2.42. The molecule has 21 heavy (non-hydrogen) atoms. The Kier molecular flexibility index (Phi) is 15.8. The number of hydrogen-bond donors (Lipinski definition) is 0. The Morgan fingerprint density at radius 2 is 1.00 bits per heavy atom. The van der Waals surface area contributed by atoms with Crippen molar-refractivity contribution in [3.05, 3.63) is 0 Å². The van der Waals surface area contributed by atoms with Gasteiger partial charge in [0.2, 0.25) is 0 Å². The molecule has 0 aliphatic heterocycles. The number of unbranched alkanes of at least 4 members (excludes halogenated alkanes) is 12. The first kappa shape index (κ1) is 21.5. The van der Waals surface area contributed by atoms with Gasteiger partial charge in [0, 0.05) is 6.42 Å². The summed E-state index contributed by atoms with van der Waals surface area (Å²) in [6.07, 6.45) is 18.3. The van der Waals surface area contributed by atoms with Crippen molar-refractivity contribution in [3.63, 3.8) is 0 Å². The van der Waals surface area contributed by atoms with Crippen LogP contribution in [0.3, 0.4) is 0 Å². The summed E-state index contributed by atoms with van der Waals surface area (Å²) in [6.45, 7) is 6.97. The average molecular weight is 420 g/mol. The minimum Gasteiger partial charge on any atom is -0.132 e. The fourth-order valence-corrected chi connectivity index (χ4v) is 3.60. The second-order valence-corrected chi connectivity index (χ2v) is 13.1. The van der Waals surface area contributed by atoms with Crippen molar-refractivity contribution in [2.45, 2.75) is 103 Å². The predicted octanol–water partition coefficient (Wildman–Crippen LogP) is 7.37. The van der Waals surface area contributed by atoms with Gasteiger partial charge >= 0.3 is 0 Å². The summed E-state index contributed by atoms with van der Waals surface area (Å²) in [5.41, 5.74) is 3.45. The molecule has 0 fully saturated rings. The van der Waals surface area contributed by atoms with Crippen LogP contribution >= 0.6 is 22.6 Å². The molecule has 124 valence electrons. The molecule has 0 saturated carbocycles. The Morgan fingerprint density at radius 1 is 0.619 bits per heavy atom. The quantitative estimate of drug-likeness (QED) is 0.0959. The number of rotatable bonds is 13. The maximum Gasteiger partial charge on any atom is 0.129 e. The van der Waals surface area contributed by atoms with E-state index < -0.39 is 8.07 Å². The molecule has 0 amide bonds. The SMILES string of the molecule is C[Si](C)(C)C#CCCCCCCCCCCCCCCI. The molecular weight excluding hydrogens is 383 g/mol. The van der Waals surface area contributed by atoms with Crippen LogP contribution < -0.4 is 0 Å². The van der Waals surface area contributed by atoms with Gasteiger partial charge in [0.25, 0.3) is 0 Å². The van der Waals surface area contributed by atoms with Crippen LogP contribution in [0.5, 0.6) is 0 Å². The Hall–Kier alpha value is 0.507. The van der Waals surface area contributed by atoms with Crippen molar-refractivity contribution in [2.75, 3.05) is 4.43 Å². The molecule has 0 saturated heterocycles. The molecule has 2 heteroatoms. The highest BCUT2D eigenvalue weighted by Crippen LogP contribution is 2.12. The molecule has 0 aromatic rings. The van der Waals surface area contributed by atoms with Gasteiger partial charge in [-0.2, -0.15) is 0 Å². The van der Waals surface area contributed by atoms with Gasteiger partial charge in [-0.05, 0) is 17.3 Å². The highest BCUT2D eigenvalue weighted by Gasteiger charge is 2.06. The van der Waals surface area contributed by atoms with Gasteiger partial charge in [0.05, 0.1) is 0 Å². The maximum atomic E-state index is 3.45. The Bertz CT molecular complexity index is 270. The largest absolute Gasteiger partial charge is 0.132 e. The number of hydrogen-bond acceptors (Lipinski definition) is 0. The molecule has 0 unspecified atom stereocenters. The zero-order chi connectivity index (χ0) is 15.8. The zero-order valence-electron chi connectivity index (χ0n) is 14.8. The van der Waals surface area contributed by atoms with E-state index in [-0.39, 0.29) is 0 Å². The topological polar surface area (TPSA) is 0 Å². The summed E-state index contributed by atoms with van der Waals surface area (Å²) in [7, 11) is -1.12. The van der Waals surface area contributed by atoms with E-state index in [0.717, 1.165) is 6.42 Å². The molecule has 0 bridgehead atoms. The molecule has 0 nitrogen and oxygen atoms in total. The minimum absolute atomic E-state index is 1.12. The number of halogens is 1. The van der Waals surface area contributed by atoms with Crippen LogP contribution in [0, 0.1) is 11.5 Å². The van der Waals surface area contributed by atoms with E-state index in [0.29, 0.717) is 0 Å². The van der Waals surface area contributed by atoms with Crippen molar-refractivity contribution in [1.82, 2.24) is 0 Å². The summed E-state index contributed by atoms with van der Waals surface area (Å²) in [6, 6.07) is 0. The van der Waals surface area contributed by atoms with Gasteiger partial charge < -0.3 is 0 Å². The molecule has 0 rings (SSSR count). The molecule has 0 aromatic carbocycles. The van der Waals surface area contributed by atoms with Crippen LogP contribution in [-0.4, -0.2) is 12.5 Å². The third-order valence-corrected chi connectivity index (χ3v) is 5.34. The van der Waals surface area contributed by atoms with E-state index in [4.69, 9.17) is 0 Å². The maximum absolute atomic E-state index is 3.45. The van der Waals surface area contributed by atoms with Crippen LogP contribution in [0.4, 0.5) is 0 Å². The fraction of sp³-hybridized carbons (Fsp3) is 0.895.